The van der Waals surface area contributed by atoms with Crippen LogP contribution in [0.1, 0.15) is 35.5 Å². The first-order valence-corrected chi connectivity index (χ1v) is 8.39. The molecule has 0 radical (unpaired) electrons. The van der Waals surface area contributed by atoms with Gasteiger partial charge in [0.2, 0.25) is 0 Å². The molecule has 3 N–H and O–H groups in total. The second-order valence-corrected chi connectivity index (χ2v) is 5.92. The summed E-state index contributed by atoms with van der Waals surface area (Å²) in [5.74, 6) is 1.23. The zero-order valence-electron chi connectivity index (χ0n) is 14.7. The molecule has 0 fully saturated rings. The molecule has 1 aromatic carbocycles. The molecule has 2 aromatic rings. The van der Waals surface area contributed by atoms with Crippen LogP contribution < -0.4 is 10.6 Å². The van der Waals surface area contributed by atoms with Gasteiger partial charge in [-0.1, -0.05) is 29.3 Å². The van der Waals surface area contributed by atoms with Crippen molar-refractivity contribution in [2.75, 3.05) is 19.6 Å². The molecule has 0 amide bonds. The van der Waals surface area contributed by atoms with Crippen LogP contribution in [0.15, 0.2) is 46.0 Å². The first-order valence-electron chi connectivity index (χ1n) is 8.39. The molecule has 0 saturated heterocycles. The molecule has 2 rings (SSSR count). The second-order valence-electron chi connectivity index (χ2n) is 5.92. The molecule has 1 aromatic heterocycles. The second kappa shape index (κ2) is 9.13. The fourth-order valence-corrected chi connectivity index (χ4v) is 2.63. The van der Waals surface area contributed by atoms with Crippen LogP contribution in [0.4, 0.5) is 0 Å². The third-order valence-electron chi connectivity index (χ3n) is 3.63. The van der Waals surface area contributed by atoms with Gasteiger partial charge in [-0.2, -0.15) is 0 Å². The number of aliphatic hydroxyl groups excluding tert-OH is 1. The van der Waals surface area contributed by atoms with E-state index < -0.39 is 6.10 Å². The Bertz CT molecular complexity index is 630. The van der Waals surface area contributed by atoms with Crippen LogP contribution in [0.3, 0.4) is 0 Å². The van der Waals surface area contributed by atoms with Crippen LogP contribution in [0.2, 0.25) is 0 Å². The van der Waals surface area contributed by atoms with Crippen molar-refractivity contribution in [3.05, 3.63) is 59.0 Å². The Hall–Kier alpha value is -2.27. The highest BCUT2D eigenvalue weighted by atomic mass is 16.4. The lowest BCUT2D eigenvalue weighted by atomic mass is 10.1. The predicted molar refractivity (Wildman–Crippen MR) is 97.3 cm³/mol. The van der Waals surface area contributed by atoms with Gasteiger partial charge in [-0.15, -0.1) is 0 Å². The Balaban J connectivity index is 1.87. The fourth-order valence-electron chi connectivity index (χ4n) is 2.63. The molecule has 0 bridgehead atoms. The Morgan fingerprint density at radius 3 is 2.58 bits per heavy atom. The Labute approximate surface area is 143 Å². The minimum Gasteiger partial charge on any atom is -0.467 e. The van der Waals surface area contributed by atoms with E-state index in [1.54, 1.807) is 18.4 Å². The lowest BCUT2D eigenvalue weighted by molar-refractivity contribution is 0.158. The molecule has 5 heteroatoms. The summed E-state index contributed by atoms with van der Waals surface area (Å²) in [4.78, 5) is 4.42. The van der Waals surface area contributed by atoms with Gasteiger partial charge in [0.1, 0.15) is 11.9 Å². The van der Waals surface area contributed by atoms with Crippen molar-refractivity contribution >= 4 is 5.96 Å². The van der Waals surface area contributed by atoms with Crippen LogP contribution >= 0.6 is 0 Å². The van der Waals surface area contributed by atoms with Gasteiger partial charge >= 0.3 is 0 Å². The summed E-state index contributed by atoms with van der Waals surface area (Å²) in [6.07, 6.45) is 1.75. The summed E-state index contributed by atoms with van der Waals surface area (Å²) in [6, 6.07) is 10.1. The summed E-state index contributed by atoms with van der Waals surface area (Å²) < 4.78 is 5.19. The van der Waals surface area contributed by atoms with E-state index in [1.807, 2.05) is 6.92 Å². The summed E-state index contributed by atoms with van der Waals surface area (Å²) in [6.45, 7) is 8.06. The van der Waals surface area contributed by atoms with Gasteiger partial charge in [-0.3, -0.25) is 4.99 Å². The molecule has 0 aliphatic heterocycles. The highest BCUT2D eigenvalue weighted by Crippen LogP contribution is 2.13. The maximum atomic E-state index is 10.0. The smallest absolute Gasteiger partial charge is 0.191 e. The van der Waals surface area contributed by atoms with Gasteiger partial charge in [0.15, 0.2) is 5.96 Å². The van der Waals surface area contributed by atoms with Crippen molar-refractivity contribution < 1.29 is 9.52 Å². The van der Waals surface area contributed by atoms with Crippen molar-refractivity contribution in [2.45, 2.75) is 33.3 Å². The highest BCUT2D eigenvalue weighted by molar-refractivity contribution is 5.79. The van der Waals surface area contributed by atoms with Gasteiger partial charge in [0, 0.05) is 13.1 Å². The van der Waals surface area contributed by atoms with E-state index in [2.05, 4.69) is 47.7 Å². The number of aliphatic imine (C=N–C) groups is 1. The minimum atomic E-state index is -0.727. The summed E-state index contributed by atoms with van der Waals surface area (Å²) in [7, 11) is 0. The summed E-state index contributed by atoms with van der Waals surface area (Å²) >= 11 is 0. The van der Waals surface area contributed by atoms with E-state index in [0.717, 1.165) is 19.5 Å². The minimum absolute atomic E-state index is 0.256. The highest BCUT2D eigenvalue weighted by Gasteiger charge is 2.09. The number of aryl methyl sites for hydroxylation is 2. The van der Waals surface area contributed by atoms with Crippen LogP contribution in [-0.4, -0.2) is 30.7 Å². The quantitative estimate of drug-likeness (QED) is 0.540. The predicted octanol–water partition coefficient (Wildman–Crippen LogP) is 2.73. The SMILES string of the molecule is CCNC(=NCC(O)c1ccco1)NCCc1cc(C)cc(C)c1. The molecule has 0 saturated carbocycles. The Morgan fingerprint density at radius 2 is 1.96 bits per heavy atom. The van der Waals surface area contributed by atoms with Crippen molar-refractivity contribution in [3.63, 3.8) is 0 Å². The van der Waals surface area contributed by atoms with Gasteiger partial charge in [-0.25, -0.2) is 0 Å². The number of hydrogen-bond acceptors (Lipinski definition) is 3. The number of hydrogen-bond donors (Lipinski definition) is 3. The van der Waals surface area contributed by atoms with E-state index in [1.165, 1.54) is 16.7 Å². The topological polar surface area (TPSA) is 69.8 Å². The van der Waals surface area contributed by atoms with E-state index >= 15 is 0 Å². The number of rotatable bonds is 7. The molecule has 0 aliphatic rings. The van der Waals surface area contributed by atoms with E-state index in [9.17, 15) is 5.11 Å². The van der Waals surface area contributed by atoms with Gasteiger partial charge in [0.05, 0.1) is 12.8 Å². The van der Waals surface area contributed by atoms with Gasteiger partial charge < -0.3 is 20.2 Å². The van der Waals surface area contributed by atoms with Crippen molar-refractivity contribution in [1.29, 1.82) is 0 Å². The largest absolute Gasteiger partial charge is 0.467 e. The number of nitrogens with one attached hydrogen (secondary N) is 2. The average molecular weight is 329 g/mol. The van der Waals surface area contributed by atoms with E-state index in [0.29, 0.717) is 11.7 Å². The molecule has 0 spiro atoms. The van der Waals surface area contributed by atoms with Crippen LogP contribution in [0.5, 0.6) is 0 Å². The number of furan rings is 1. The molecule has 24 heavy (non-hydrogen) atoms. The zero-order valence-corrected chi connectivity index (χ0v) is 14.7. The molecule has 0 aliphatic carbocycles. The first kappa shape index (κ1) is 18.1. The van der Waals surface area contributed by atoms with Gasteiger partial charge in [0.25, 0.3) is 0 Å². The van der Waals surface area contributed by atoms with E-state index in [4.69, 9.17) is 4.42 Å². The molecule has 1 heterocycles. The third kappa shape index (κ3) is 5.74. The Morgan fingerprint density at radius 1 is 1.21 bits per heavy atom. The summed E-state index contributed by atoms with van der Waals surface area (Å²) in [5, 5.41) is 16.5. The van der Waals surface area contributed by atoms with Crippen LogP contribution in [0, 0.1) is 13.8 Å². The van der Waals surface area contributed by atoms with Gasteiger partial charge in [-0.05, 0) is 44.9 Å². The summed E-state index contributed by atoms with van der Waals surface area (Å²) in [5.41, 5.74) is 3.88. The normalized spacial score (nSPS) is 12.9. The number of aliphatic hydroxyl groups is 1. The third-order valence-corrected chi connectivity index (χ3v) is 3.63. The molecule has 5 nitrogen and oxygen atoms in total. The molecule has 130 valence electrons. The zero-order chi connectivity index (χ0) is 17.4. The molecule has 1 unspecified atom stereocenters. The van der Waals surface area contributed by atoms with Crippen molar-refractivity contribution in [3.8, 4) is 0 Å². The standard InChI is InChI=1S/C19H27N3O2/c1-4-20-19(22-13-17(23)18-6-5-9-24-18)21-8-7-16-11-14(2)10-15(3)12-16/h5-6,9-12,17,23H,4,7-8,13H2,1-3H3,(H2,20,21,22). The average Bonchev–Trinajstić information content (AvgIpc) is 3.06. The maximum Gasteiger partial charge on any atom is 0.191 e. The fraction of sp³-hybridized carbons (Fsp3) is 0.421. The number of benzene rings is 1. The molecular formula is C19H27N3O2. The van der Waals surface area contributed by atoms with Crippen molar-refractivity contribution in [1.82, 2.24) is 10.6 Å². The Kier molecular flexibility index (Phi) is 6.88. The number of nitrogens with zero attached hydrogens (tertiary/aromatic N) is 1. The van der Waals surface area contributed by atoms with Crippen LogP contribution in [0.25, 0.3) is 0 Å². The number of guanidine groups is 1. The lowest BCUT2D eigenvalue weighted by Gasteiger charge is -2.13. The van der Waals surface area contributed by atoms with Crippen molar-refractivity contribution in [2.24, 2.45) is 4.99 Å². The van der Waals surface area contributed by atoms with E-state index in [-0.39, 0.29) is 6.54 Å². The van der Waals surface area contributed by atoms with Crippen LogP contribution in [-0.2, 0) is 6.42 Å². The molecular weight excluding hydrogens is 302 g/mol. The first-order chi connectivity index (χ1) is 11.6. The molecule has 1 atom stereocenters. The lowest BCUT2D eigenvalue weighted by Crippen LogP contribution is -2.38. The maximum absolute atomic E-state index is 10.0. The monoisotopic (exact) mass is 329 g/mol.